The third-order valence-corrected chi connectivity index (χ3v) is 5.20. The summed E-state index contributed by atoms with van der Waals surface area (Å²) >= 11 is -0.826. The van der Waals surface area contributed by atoms with Crippen LogP contribution in [0.25, 0.3) is 0 Å². The fourth-order valence-electron chi connectivity index (χ4n) is 3.80. The van der Waals surface area contributed by atoms with Crippen molar-refractivity contribution in [2.45, 2.75) is 59.0 Å². The summed E-state index contributed by atoms with van der Waals surface area (Å²) in [5.41, 5.74) is 5.46. The van der Waals surface area contributed by atoms with Crippen LogP contribution < -0.4 is 0 Å². The number of phenolic OH excluding ortho intramolecular Hbond substituents is 2. The standard InChI is InChI=1S/C23H28N2O2.2ClH.Zr/c1-14-8-16(3)22(26)18(10-14)12-24-20-6-5-7-21(20)25-13-19-11-15(2)9-17(4)23(19)27;;;/h8-13,20-21,26-27H,5-7H2,1-4H3;2*1H;/q;;;+2/p-2/t20-,21-;;;/m1.../s1. The molecular weight excluding hydrogens is 498 g/mol. The zero-order chi connectivity index (χ0) is 22.3. The Morgan fingerprint density at radius 2 is 1.17 bits per heavy atom. The fraction of sp³-hybridized carbons (Fsp3) is 0.391. The van der Waals surface area contributed by atoms with Crippen molar-refractivity contribution in [3.8, 4) is 11.5 Å². The van der Waals surface area contributed by atoms with Gasteiger partial charge in [0.05, 0.1) is 12.1 Å². The van der Waals surface area contributed by atoms with Gasteiger partial charge in [-0.05, 0) is 81.3 Å². The van der Waals surface area contributed by atoms with Crippen molar-refractivity contribution >= 4 is 29.5 Å². The predicted molar refractivity (Wildman–Crippen MR) is 123 cm³/mol. The van der Waals surface area contributed by atoms with E-state index in [4.69, 9.17) is 27.0 Å². The zero-order valence-corrected chi connectivity index (χ0v) is 21.8. The Bertz CT molecular complexity index is 858. The summed E-state index contributed by atoms with van der Waals surface area (Å²) in [5, 5.41) is 20.5. The van der Waals surface area contributed by atoms with Gasteiger partial charge in [-0.2, -0.15) is 0 Å². The molecule has 0 aromatic heterocycles. The van der Waals surface area contributed by atoms with E-state index in [-0.39, 0.29) is 12.1 Å². The molecule has 160 valence electrons. The second kappa shape index (κ2) is 12.0. The van der Waals surface area contributed by atoms with Crippen molar-refractivity contribution in [3.05, 3.63) is 57.6 Å². The van der Waals surface area contributed by atoms with Crippen LogP contribution >= 0.6 is 17.0 Å². The molecule has 0 radical (unpaired) electrons. The van der Waals surface area contributed by atoms with E-state index >= 15 is 0 Å². The quantitative estimate of drug-likeness (QED) is 0.468. The van der Waals surface area contributed by atoms with E-state index in [2.05, 4.69) is 0 Å². The van der Waals surface area contributed by atoms with Crippen LogP contribution in [-0.2, 0) is 20.8 Å². The van der Waals surface area contributed by atoms with Crippen LogP contribution in [0.3, 0.4) is 0 Å². The van der Waals surface area contributed by atoms with Gasteiger partial charge in [-0.25, -0.2) is 0 Å². The van der Waals surface area contributed by atoms with Crippen molar-refractivity contribution < 1.29 is 31.1 Å². The Hall–Kier alpha value is -1.16. The first-order chi connectivity index (χ1) is 14.3. The van der Waals surface area contributed by atoms with E-state index in [1.165, 1.54) is 0 Å². The van der Waals surface area contributed by atoms with E-state index in [1.807, 2.05) is 52.0 Å². The molecule has 0 unspecified atom stereocenters. The molecule has 2 aromatic carbocycles. The van der Waals surface area contributed by atoms with E-state index in [0.717, 1.165) is 52.6 Å². The molecule has 0 heterocycles. The molecule has 2 aromatic rings. The van der Waals surface area contributed by atoms with Gasteiger partial charge < -0.3 is 10.2 Å². The van der Waals surface area contributed by atoms with Gasteiger partial charge in [0.1, 0.15) is 11.5 Å². The van der Waals surface area contributed by atoms with Gasteiger partial charge in [0.2, 0.25) is 0 Å². The minimum atomic E-state index is -0.826. The average molecular weight is 527 g/mol. The third kappa shape index (κ3) is 6.94. The van der Waals surface area contributed by atoms with Crippen molar-refractivity contribution in [1.29, 1.82) is 0 Å². The Labute approximate surface area is 197 Å². The number of aryl methyl sites for hydroxylation is 4. The number of nitrogens with zero attached hydrogens (tertiary/aromatic N) is 2. The van der Waals surface area contributed by atoms with Crippen LogP contribution in [0.5, 0.6) is 11.5 Å². The second-order valence-electron chi connectivity index (χ2n) is 7.73. The number of phenols is 2. The number of rotatable bonds is 4. The Kier molecular flexibility index (Phi) is 10.1. The van der Waals surface area contributed by atoms with Crippen molar-refractivity contribution in [2.24, 2.45) is 9.98 Å². The molecule has 0 bridgehead atoms. The number of aromatic hydroxyl groups is 2. The molecule has 0 spiro atoms. The predicted octanol–water partition coefficient (Wildman–Crippen LogP) is 6.17. The molecule has 7 heteroatoms. The summed E-state index contributed by atoms with van der Waals surface area (Å²) in [6, 6.07) is 8.04. The molecule has 1 aliphatic rings. The van der Waals surface area contributed by atoms with Gasteiger partial charge in [0.15, 0.2) is 0 Å². The van der Waals surface area contributed by atoms with Gasteiger partial charge in [0.25, 0.3) is 0 Å². The normalized spacial score (nSPS) is 18.6. The van der Waals surface area contributed by atoms with E-state index < -0.39 is 20.8 Å². The molecule has 2 atom stereocenters. The summed E-state index contributed by atoms with van der Waals surface area (Å²) in [4.78, 5) is 9.45. The first-order valence-electron chi connectivity index (χ1n) is 9.89. The third-order valence-electron chi connectivity index (χ3n) is 5.20. The molecule has 0 saturated heterocycles. The molecule has 30 heavy (non-hydrogen) atoms. The van der Waals surface area contributed by atoms with Crippen LogP contribution in [0.2, 0.25) is 0 Å². The maximum atomic E-state index is 10.2. The van der Waals surface area contributed by atoms with Crippen molar-refractivity contribution in [2.75, 3.05) is 0 Å². The molecule has 4 nitrogen and oxygen atoms in total. The molecule has 1 aliphatic carbocycles. The molecule has 1 fully saturated rings. The summed E-state index contributed by atoms with van der Waals surface area (Å²) < 4.78 is 0. The van der Waals surface area contributed by atoms with E-state index in [1.54, 1.807) is 12.4 Å². The number of hydrogen-bond acceptors (Lipinski definition) is 4. The van der Waals surface area contributed by atoms with Gasteiger partial charge in [-0.1, -0.05) is 12.1 Å². The van der Waals surface area contributed by atoms with E-state index in [9.17, 15) is 10.2 Å². The maximum absolute atomic E-state index is 10.2. The van der Waals surface area contributed by atoms with Crippen LogP contribution in [0, 0.1) is 27.7 Å². The van der Waals surface area contributed by atoms with Gasteiger partial charge in [-0.3, -0.25) is 9.98 Å². The molecule has 3 rings (SSSR count). The van der Waals surface area contributed by atoms with Crippen LogP contribution in [0.1, 0.15) is 52.6 Å². The van der Waals surface area contributed by atoms with Crippen LogP contribution in [0.15, 0.2) is 34.3 Å². The molecule has 1 saturated carbocycles. The molecule has 0 aliphatic heterocycles. The van der Waals surface area contributed by atoms with Crippen molar-refractivity contribution in [1.82, 2.24) is 0 Å². The minimum absolute atomic E-state index is 0.106. The van der Waals surface area contributed by atoms with E-state index in [0.29, 0.717) is 11.5 Å². The number of aliphatic imine (C=N–C) groups is 2. The van der Waals surface area contributed by atoms with Gasteiger partial charge in [-0.15, -0.1) is 0 Å². The fourth-order valence-corrected chi connectivity index (χ4v) is 3.80. The van der Waals surface area contributed by atoms with Gasteiger partial charge >= 0.3 is 37.9 Å². The average Bonchev–Trinajstić information content (AvgIpc) is 3.13. The number of benzene rings is 2. The summed E-state index contributed by atoms with van der Waals surface area (Å²) in [6.07, 6.45) is 6.62. The molecule has 2 N–H and O–H groups in total. The summed E-state index contributed by atoms with van der Waals surface area (Å²) in [7, 11) is 9.87. The zero-order valence-electron chi connectivity index (χ0n) is 17.8. The molecule has 0 amide bonds. The SMILES string of the molecule is Cc1cc(C)c(O)c(C=N[C@@H]2CCC[C@H]2N=Cc2cc(C)cc(C)c2O)c1.[Cl][Zr][Cl]. The monoisotopic (exact) mass is 524 g/mol. The first kappa shape index (κ1) is 25.1. The summed E-state index contributed by atoms with van der Waals surface area (Å²) in [6.45, 7) is 7.84. The Balaban J connectivity index is 0.00000101. The molecular formula is C23H28Cl2N2O2Zr. The van der Waals surface area contributed by atoms with Crippen LogP contribution in [0.4, 0.5) is 0 Å². The van der Waals surface area contributed by atoms with Crippen molar-refractivity contribution in [3.63, 3.8) is 0 Å². The first-order valence-corrected chi connectivity index (χ1v) is 16.2. The van der Waals surface area contributed by atoms with Crippen LogP contribution in [-0.4, -0.2) is 34.7 Å². The Morgan fingerprint density at radius 1 is 0.800 bits per heavy atom. The Morgan fingerprint density at radius 3 is 1.53 bits per heavy atom. The summed E-state index contributed by atoms with van der Waals surface area (Å²) in [5.74, 6) is 0.588. The number of hydrogen-bond donors (Lipinski definition) is 2. The number of halogens is 2. The topological polar surface area (TPSA) is 65.2 Å². The second-order valence-corrected chi connectivity index (χ2v) is 11.5. The van der Waals surface area contributed by atoms with Gasteiger partial charge in [0, 0.05) is 23.6 Å².